The van der Waals surface area contributed by atoms with Gasteiger partial charge in [-0.05, 0) is 48.0 Å². The van der Waals surface area contributed by atoms with E-state index >= 15 is 0 Å². The highest BCUT2D eigenvalue weighted by Crippen LogP contribution is 2.39. The van der Waals surface area contributed by atoms with E-state index in [2.05, 4.69) is 10.3 Å². The highest BCUT2D eigenvalue weighted by Gasteiger charge is 2.23. The number of rotatable bonds is 9. The van der Waals surface area contributed by atoms with Crippen molar-refractivity contribution < 1.29 is 26.9 Å². The molecule has 3 aromatic carbocycles. The van der Waals surface area contributed by atoms with Gasteiger partial charge in [0.05, 0.1) is 24.9 Å². The normalized spacial score (nSPS) is 11.4. The van der Waals surface area contributed by atoms with Crippen molar-refractivity contribution in [2.45, 2.75) is 4.90 Å². The summed E-state index contributed by atoms with van der Waals surface area (Å²) in [5.41, 5.74) is 1.66. The Hall–Kier alpha value is -4.37. The minimum atomic E-state index is -4.26. The van der Waals surface area contributed by atoms with Crippen LogP contribution in [-0.4, -0.2) is 33.5 Å². The quantitative estimate of drug-likeness (QED) is 0.149. The molecule has 0 saturated carbocycles. The lowest BCUT2D eigenvalue weighted by Crippen LogP contribution is -2.13. The van der Waals surface area contributed by atoms with Gasteiger partial charge in [0.1, 0.15) is 22.3 Å². The van der Waals surface area contributed by atoms with E-state index in [4.69, 9.17) is 25.3 Å². The molecule has 1 aromatic heterocycles. The van der Waals surface area contributed by atoms with Crippen LogP contribution < -0.4 is 19.0 Å². The third-order valence-electron chi connectivity index (χ3n) is 5.26. The molecule has 1 heterocycles. The number of ether oxygens (including phenoxy) is 2. The number of anilines is 1. The summed E-state index contributed by atoms with van der Waals surface area (Å²) >= 11 is 7.56. The number of aromatic nitrogens is 1. The molecule has 0 atom stereocenters. The Morgan fingerprint density at radius 1 is 1.08 bits per heavy atom. The summed E-state index contributed by atoms with van der Waals surface area (Å²) in [5, 5.41) is 14.2. The zero-order valence-corrected chi connectivity index (χ0v) is 22.9. The van der Waals surface area contributed by atoms with Gasteiger partial charge in [0, 0.05) is 10.9 Å². The molecule has 0 radical (unpaired) electrons. The number of nitrogens with one attached hydrogen (secondary N) is 1. The van der Waals surface area contributed by atoms with E-state index < -0.39 is 16.0 Å². The minimum absolute atomic E-state index is 0.0176. The van der Waals surface area contributed by atoms with E-state index in [9.17, 15) is 18.5 Å². The molecule has 0 aliphatic rings. The molecule has 39 heavy (non-hydrogen) atoms. The zero-order chi connectivity index (χ0) is 28.0. The average molecular weight is 582 g/mol. The molecular formula is C27H20ClN3O6S2. The number of amides is 1. The summed E-state index contributed by atoms with van der Waals surface area (Å²) in [4.78, 5) is 17.1. The second kappa shape index (κ2) is 12.0. The van der Waals surface area contributed by atoms with Gasteiger partial charge >= 0.3 is 10.1 Å². The SMILES string of the molecule is COc1ccc(S(=O)(=O)Oc2c(Cl)cc(/C=C(/C#N)C(=O)Nc3nc(-c4ccccc4)cs3)cc2OC)cc1. The van der Waals surface area contributed by atoms with Crippen LogP contribution in [0.15, 0.2) is 82.6 Å². The van der Waals surface area contributed by atoms with Crippen molar-refractivity contribution in [3.05, 3.63) is 88.3 Å². The Morgan fingerprint density at radius 2 is 1.79 bits per heavy atom. The molecule has 1 N–H and O–H groups in total. The third-order valence-corrected chi connectivity index (χ3v) is 7.54. The Bertz CT molecular complexity index is 1680. The molecule has 1 amide bonds. The molecule has 12 heteroatoms. The maximum atomic E-state index is 12.8. The first-order chi connectivity index (χ1) is 18.7. The van der Waals surface area contributed by atoms with Crippen molar-refractivity contribution in [1.82, 2.24) is 4.98 Å². The van der Waals surface area contributed by atoms with Crippen molar-refractivity contribution in [2.75, 3.05) is 19.5 Å². The van der Waals surface area contributed by atoms with Crippen molar-refractivity contribution in [1.29, 1.82) is 5.26 Å². The molecule has 0 bridgehead atoms. The summed E-state index contributed by atoms with van der Waals surface area (Å²) in [6.45, 7) is 0. The lowest BCUT2D eigenvalue weighted by atomic mass is 10.1. The smallest absolute Gasteiger partial charge is 0.339 e. The van der Waals surface area contributed by atoms with Crippen LogP contribution in [0.2, 0.25) is 5.02 Å². The van der Waals surface area contributed by atoms with Crippen molar-refractivity contribution in [3.63, 3.8) is 0 Å². The Balaban J connectivity index is 1.56. The van der Waals surface area contributed by atoms with E-state index in [1.807, 2.05) is 36.4 Å². The van der Waals surface area contributed by atoms with Crippen LogP contribution in [-0.2, 0) is 14.9 Å². The van der Waals surface area contributed by atoms with Crippen LogP contribution in [0.5, 0.6) is 17.2 Å². The van der Waals surface area contributed by atoms with Gasteiger partial charge in [0.2, 0.25) is 5.75 Å². The summed E-state index contributed by atoms with van der Waals surface area (Å²) in [5.74, 6) is -0.462. The fourth-order valence-electron chi connectivity index (χ4n) is 3.36. The predicted octanol–water partition coefficient (Wildman–Crippen LogP) is 5.79. The first-order valence-corrected chi connectivity index (χ1v) is 13.8. The summed E-state index contributed by atoms with van der Waals surface area (Å²) < 4.78 is 41.2. The molecule has 4 rings (SSSR count). The van der Waals surface area contributed by atoms with E-state index in [0.29, 0.717) is 22.1 Å². The number of halogens is 1. The molecule has 0 fully saturated rings. The van der Waals surface area contributed by atoms with Gasteiger partial charge in [-0.15, -0.1) is 11.3 Å². The first kappa shape index (κ1) is 27.7. The van der Waals surface area contributed by atoms with Crippen LogP contribution >= 0.6 is 22.9 Å². The Morgan fingerprint density at radius 3 is 2.44 bits per heavy atom. The molecule has 0 aliphatic heterocycles. The van der Waals surface area contributed by atoms with Crippen molar-refractivity contribution in [3.8, 4) is 34.6 Å². The lowest BCUT2D eigenvalue weighted by Gasteiger charge is -2.13. The fourth-order valence-corrected chi connectivity index (χ4v) is 5.33. The fraction of sp³-hybridized carbons (Fsp3) is 0.0741. The molecule has 198 valence electrons. The van der Waals surface area contributed by atoms with Gasteiger partial charge < -0.3 is 13.7 Å². The largest absolute Gasteiger partial charge is 0.497 e. The molecule has 0 spiro atoms. The number of benzene rings is 3. The second-order valence-corrected chi connectivity index (χ2v) is 10.6. The van der Waals surface area contributed by atoms with Crippen molar-refractivity contribution >= 4 is 50.2 Å². The molecule has 0 saturated heterocycles. The highest BCUT2D eigenvalue weighted by molar-refractivity contribution is 7.87. The number of nitrogens with zero attached hydrogens (tertiary/aromatic N) is 2. The van der Waals surface area contributed by atoms with Crippen LogP contribution in [0.25, 0.3) is 17.3 Å². The van der Waals surface area contributed by atoms with E-state index in [-0.39, 0.29) is 27.0 Å². The molecule has 0 unspecified atom stereocenters. The topological polar surface area (TPSA) is 128 Å². The zero-order valence-electron chi connectivity index (χ0n) is 20.5. The van der Waals surface area contributed by atoms with Crippen LogP contribution in [0.4, 0.5) is 5.13 Å². The van der Waals surface area contributed by atoms with Gasteiger partial charge in [-0.1, -0.05) is 41.9 Å². The highest BCUT2D eigenvalue weighted by atomic mass is 35.5. The average Bonchev–Trinajstić information content (AvgIpc) is 3.41. The number of carbonyl (C=O) groups excluding carboxylic acids is 1. The maximum Gasteiger partial charge on any atom is 0.339 e. The van der Waals surface area contributed by atoms with Crippen LogP contribution in [0.1, 0.15) is 5.56 Å². The maximum absolute atomic E-state index is 12.8. The number of hydrogen-bond acceptors (Lipinski definition) is 9. The lowest BCUT2D eigenvalue weighted by molar-refractivity contribution is -0.112. The Labute approximate surface area is 234 Å². The Kier molecular flexibility index (Phi) is 8.51. The van der Waals surface area contributed by atoms with Gasteiger partial charge in [0.25, 0.3) is 5.91 Å². The molecule has 4 aromatic rings. The van der Waals surface area contributed by atoms with Gasteiger partial charge in [-0.3, -0.25) is 10.1 Å². The number of hydrogen-bond donors (Lipinski definition) is 1. The summed E-state index contributed by atoms with van der Waals surface area (Å²) in [7, 11) is -1.49. The molecule has 0 aliphatic carbocycles. The van der Waals surface area contributed by atoms with Crippen molar-refractivity contribution in [2.24, 2.45) is 0 Å². The second-order valence-electron chi connectivity index (χ2n) is 7.77. The van der Waals surface area contributed by atoms with E-state index in [0.717, 1.165) is 5.56 Å². The summed E-state index contributed by atoms with van der Waals surface area (Å²) in [6, 6.07) is 19.7. The number of nitriles is 1. The van der Waals surface area contributed by atoms with E-state index in [1.54, 1.807) is 5.38 Å². The third kappa shape index (κ3) is 6.56. The van der Waals surface area contributed by atoms with Gasteiger partial charge in [0.15, 0.2) is 10.9 Å². The minimum Gasteiger partial charge on any atom is -0.497 e. The first-order valence-electron chi connectivity index (χ1n) is 11.1. The number of carbonyl (C=O) groups is 1. The van der Waals surface area contributed by atoms with Gasteiger partial charge in [-0.25, -0.2) is 4.98 Å². The monoisotopic (exact) mass is 581 g/mol. The molecule has 9 nitrogen and oxygen atoms in total. The van der Waals surface area contributed by atoms with Crippen LogP contribution in [0.3, 0.4) is 0 Å². The van der Waals surface area contributed by atoms with Crippen LogP contribution in [0, 0.1) is 11.3 Å². The number of methoxy groups -OCH3 is 2. The predicted molar refractivity (Wildman–Crippen MR) is 149 cm³/mol. The standard InChI is InChI=1S/C27H20ClN3O6S2/c1-35-20-8-10-21(11-9-20)39(33,34)37-25-22(28)13-17(14-24(25)36-2)12-19(15-29)26(32)31-27-30-23(16-38-27)18-6-4-3-5-7-18/h3-14,16H,1-2H3,(H,30,31,32)/b19-12-. The summed E-state index contributed by atoms with van der Waals surface area (Å²) in [6.07, 6.45) is 1.29. The van der Waals surface area contributed by atoms with E-state index in [1.165, 1.54) is 68.0 Å². The van der Waals surface area contributed by atoms with Gasteiger partial charge in [-0.2, -0.15) is 13.7 Å². The molecular weight excluding hydrogens is 562 g/mol. The number of thiazole rings is 1.